The highest BCUT2D eigenvalue weighted by atomic mass is 16.5. The maximum absolute atomic E-state index is 5.94. The molecule has 0 amide bonds. The van der Waals surface area contributed by atoms with Crippen molar-refractivity contribution >= 4 is 11.8 Å². The second-order valence-electron chi connectivity index (χ2n) is 11.1. The van der Waals surface area contributed by atoms with E-state index in [0.717, 1.165) is 47.0 Å². The van der Waals surface area contributed by atoms with E-state index in [9.17, 15) is 0 Å². The Labute approximate surface area is 264 Å². The Balaban J connectivity index is 0.928. The predicted molar refractivity (Wildman–Crippen MR) is 174 cm³/mol. The van der Waals surface area contributed by atoms with Gasteiger partial charge in [0.05, 0.1) is 32.7 Å². The van der Waals surface area contributed by atoms with Crippen LogP contribution in [0.3, 0.4) is 0 Å². The number of rotatable bonds is 14. The Hall–Kier alpha value is -4.98. The van der Waals surface area contributed by atoms with Crippen LogP contribution < -0.4 is 18.9 Å². The molecule has 0 bridgehead atoms. The fourth-order valence-electron chi connectivity index (χ4n) is 5.24. The molecular weight excluding hydrogens is 568 g/mol. The molecule has 0 fully saturated rings. The molecule has 0 aromatic heterocycles. The van der Waals surface area contributed by atoms with Crippen LogP contribution in [0.5, 0.6) is 23.0 Å². The number of hydrogen-bond donors (Lipinski definition) is 0. The summed E-state index contributed by atoms with van der Waals surface area (Å²) in [6, 6.07) is 32.3. The van der Waals surface area contributed by atoms with Crippen molar-refractivity contribution in [3.05, 3.63) is 119 Å². The molecule has 2 heterocycles. The van der Waals surface area contributed by atoms with Crippen LogP contribution in [0, 0.1) is 0 Å². The molecular formula is C37H38N2O6. The summed E-state index contributed by atoms with van der Waals surface area (Å²) in [6.07, 6.45) is 2.10. The normalized spacial score (nSPS) is 17.1. The first-order valence-electron chi connectivity index (χ1n) is 15.2. The molecule has 0 N–H and O–H groups in total. The van der Waals surface area contributed by atoms with E-state index in [1.54, 1.807) is 14.2 Å². The van der Waals surface area contributed by atoms with Gasteiger partial charge in [-0.05, 0) is 83.6 Å². The molecule has 45 heavy (non-hydrogen) atoms. The first-order valence-corrected chi connectivity index (χ1v) is 15.2. The van der Waals surface area contributed by atoms with Crippen molar-refractivity contribution in [2.75, 3.05) is 27.4 Å². The number of benzene rings is 4. The Morgan fingerprint density at radius 3 is 1.24 bits per heavy atom. The van der Waals surface area contributed by atoms with Crippen molar-refractivity contribution in [1.82, 2.24) is 0 Å². The van der Waals surface area contributed by atoms with E-state index in [-0.39, 0.29) is 12.1 Å². The maximum Gasteiger partial charge on any atom is 0.193 e. The van der Waals surface area contributed by atoms with Gasteiger partial charge in [-0.1, -0.05) is 48.5 Å². The summed E-state index contributed by atoms with van der Waals surface area (Å²) in [4.78, 5) is 9.60. The Bertz CT molecular complexity index is 1460. The number of ether oxygens (including phenoxy) is 6. The van der Waals surface area contributed by atoms with Crippen molar-refractivity contribution in [3.63, 3.8) is 0 Å². The van der Waals surface area contributed by atoms with Gasteiger partial charge >= 0.3 is 0 Å². The van der Waals surface area contributed by atoms with Gasteiger partial charge in [-0.15, -0.1) is 0 Å². The zero-order chi connectivity index (χ0) is 30.8. The minimum atomic E-state index is 0.0781. The summed E-state index contributed by atoms with van der Waals surface area (Å²) in [5, 5.41) is 0. The van der Waals surface area contributed by atoms with Crippen molar-refractivity contribution in [2.45, 2.75) is 44.6 Å². The maximum atomic E-state index is 5.94. The van der Waals surface area contributed by atoms with Gasteiger partial charge in [0.15, 0.2) is 11.8 Å². The van der Waals surface area contributed by atoms with Gasteiger partial charge in [0, 0.05) is 0 Å². The third kappa shape index (κ3) is 8.56. The fraction of sp³-hybridized carbons (Fsp3) is 0.297. The van der Waals surface area contributed by atoms with Crippen LogP contribution in [0.2, 0.25) is 0 Å². The summed E-state index contributed by atoms with van der Waals surface area (Å²) < 4.78 is 34.1. The molecule has 8 heteroatoms. The molecule has 232 valence electrons. The first kappa shape index (κ1) is 30.1. The molecule has 0 saturated heterocycles. The Morgan fingerprint density at radius 1 is 0.511 bits per heavy atom. The summed E-state index contributed by atoms with van der Waals surface area (Å²) in [7, 11) is 3.33. The lowest BCUT2D eigenvalue weighted by molar-refractivity contribution is 0.297. The highest BCUT2D eigenvalue weighted by Gasteiger charge is 2.25. The lowest BCUT2D eigenvalue weighted by atomic mass is 10.1. The topological polar surface area (TPSA) is 80.1 Å². The van der Waals surface area contributed by atoms with E-state index in [1.807, 2.05) is 72.8 Å². The average Bonchev–Trinajstić information content (AvgIpc) is 3.73. The van der Waals surface area contributed by atoms with Gasteiger partial charge in [0.1, 0.15) is 49.4 Å². The minimum absolute atomic E-state index is 0.0781. The van der Waals surface area contributed by atoms with Crippen molar-refractivity contribution in [2.24, 2.45) is 9.98 Å². The second-order valence-corrected chi connectivity index (χ2v) is 11.1. The van der Waals surface area contributed by atoms with Gasteiger partial charge in [-0.25, -0.2) is 9.98 Å². The molecule has 2 atom stereocenters. The first-order chi connectivity index (χ1) is 22.1. The highest BCUT2D eigenvalue weighted by molar-refractivity contribution is 5.98. The van der Waals surface area contributed by atoms with E-state index in [4.69, 9.17) is 38.4 Å². The molecule has 6 rings (SSSR count). The Morgan fingerprint density at radius 2 is 0.867 bits per heavy atom. The largest absolute Gasteiger partial charge is 0.497 e. The summed E-state index contributed by atoms with van der Waals surface area (Å²) in [6.45, 7) is 2.14. The molecule has 0 radical (unpaired) electrons. The van der Waals surface area contributed by atoms with Gasteiger partial charge < -0.3 is 28.4 Å². The Kier molecular flexibility index (Phi) is 9.80. The predicted octanol–water partition coefficient (Wildman–Crippen LogP) is 6.63. The van der Waals surface area contributed by atoms with E-state index < -0.39 is 0 Å². The van der Waals surface area contributed by atoms with Gasteiger partial charge in [0.25, 0.3) is 0 Å². The van der Waals surface area contributed by atoms with Crippen LogP contribution in [-0.2, 0) is 35.5 Å². The molecule has 0 aliphatic carbocycles. The lowest BCUT2D eigenvalue weighted by Gasteiger charge is -2.09. The zero-order valence-electron chi connectivity index (χ0n) is 25.7. The van der Waals surface area contributed by atoms with Crippen LogP contribution in [0.15, 0.2) is 107 Å². The molecule has 0 spiro atoms. The van der Waals surface area contributed by atoms with E-state index in [1.165, 1.54) is 11.1 Å². The number of methoxy groups -OCH3 is 2. The van der Waals surface area contributed by atoms with Crippen LogP contribution in [0.1, 0.15) is 28.7 Å². The van der Waals surface area contributed by atoms with Crippen LogP contribution in [0.25, 0.3) is 0 Å². The zero-order valence-corrected chi connectivity index (χ0v) is 25.7. The molecule has 8 nitrogen and oxygen atoms in total. The third-order valence-corrected chi connectivity index (χ3v) is 7.76. The van der Waals surface area contributed by atoms with Crippen molar-refractivity contribution in [3.8, 4) is 23.0 Å². The van der Waals surface area contributed by atoms with E-state index in [0.29, 0.717) is 44.6 Å². The van der Waals surface area contributed by atoms with Gasteiger partial charge in [-0.3, -0.25) is 0 Å². The number of nitrogens with zero attached hydrogens (tertiary/aromatic N) is 2. The van der Waals surface area contributed by atoms with Crippen LogP contribution in [0.4, 0.5) is 0 Å². The summed E-state index contributed by atoms with van der Waals surface area (Å²) in [5.41, 5.74) is 4.57. The summed E-state index contributed by atoms with van der Waals surface area (Å²) >= 11 is 0. The molecule has 4 aromatic carbocycles. The molecule has 4 aromatic rings. The quantitative estimate of drug-likeness (QED) is 0.160. The van der Waals surface area contributed by atoms with E-state index in [2.05, 4.69) is 24.3 Å². The molecule has 2 aliphatic rings. The van der Waals surface area contributed by atoms with Gasteiger partial charge in [-0.2, -0.15) is 0 Å². The van der Waals surface area contributed by atoms with Crippen molar-refractivity contribution in [1.29, 1.82) is 0 Å². The minimum Gasteiger partial charge on any atom is -0.497 e. The SMILES string of the molecule is COc1ccc(COc2ccc(C[C@H]3COC(CC4=N[C@@H](Cc5ccc(OCc6ccc(OC)cc6)cc5)CO4)=N3)cc2)cc1. The lowest BCUT2D eigenvalue weighted by Crippen LogP contribution is -2.10. The standard InChI is InChI=1S/C37H38N2O6/c1-40-32-11-7-28(8-12-32)22-42-34-15-3-26(4-16-34)19-30-24-44-36(38-30)21-37-39-31(25-45-37)20-27-5-17-35(18-6-27)43-23-29-9-13-33(41-2)14-10-29/h3-18,30-31H,19-25H2,1-2H3/t30-,31-/m0/s1. The van der Waals surface area contributed by atoms with Crippen LogP contribution in [-0.4, -0.2) is 51.3 Å². The number of hydrogen-bond acceptors (Lipinski definition) is 8. The molecule has 0 unspecified atom stereocenters. The number of aliphatic imine (C=N–C) groups is 2. The molecule has 0 saturated carbocycles. The summed E-state index contributed by atoms with van der Waals surface area (Å²) in [5.74, 6) is 4.73. The fourth-order valence-corrected chi connectivity index (χ4v) is 5.24. The van der Waals surface area contributed by atoms with Gasteiger partial charge in [0.2, 0.25) is 0 Å². The monoisotopic (exact) mass is 606 g/mol. The van der Waals surface area contributed by atoms with Crippen LogP contribution >= 0.6 is 0 Å². The van der Waals surface area contributed by atoms with E-state index >= 15 is 0 Å². The van der Waals surface area contributed by atoms with Crippen molar-refractivity contribution < 1.29 is 28.4 Å². The average molecular weight is 607 g/mol. The highest BCUT2D eigenvalue weighted by Crippen LogP contribution is 2.22. The third-order valence-electron chi connectivity index (χ3n) is 7.76. The smallest absolute Gasteiger partial charge is 0.193 e. The molecule has 2 aliphatic heterocycles. The second kappa shape index (κ2) is 14.7.